The fourth-order valence-electron chi connectivity index (χ4n) is 2.83. The second kappa shape index (κ2) is 5.56. The zero-order valence-electron chi connectivity index (χ0n) is 11.3. The minimum Gasteiger partial charge on any atom is -0.464 e. The molecule has 0 saturated carbocycles. The number of hydrogen-bond donors (Lipinski definition) is 1. The minimum absolute atomic E-state index is 0.0737. The molecule has 2 aromatic rings. The Labute approximate surface area is 123 Å². The number of halogens is 1. The molecule has 1 N–H and O–H groups in total. The van der Waals surface area contributed by atoms with Crippen molar-refractivity contribution in [1.82, 2.24) is 9.88 Å². The van der Waals surface area contributed by atoms with Gasteiger partial charge < -0.3 is 9.52 Å². The summed E-state index contributed by atoms with van der Waals surface area (Å²) in [6.45, 7) is 1.03. The van der Waals surface area contributed by atoms with E-state index in [2.05, 4.69) is 16.9 Å². The molecule has 1 aliphatic heterocycles. The molecule has 4 nitrogen and oxygen atoms in total. The topological polar surface area (TPSA) is 49.5 Å². The van der Waals surface area contributed by atoms with Crippen molar-refractivity contribution in [2.45, 2.75) is 25.5 Å². The third kappa shape index (κ3) is 2.35. The predicted octanol–water partition coefficient (Wildman–Crippen LogP) is 3.25. The van der Waals surface area contributed by atoms with Crippen molar-refractivity contribution < 1.29 is 9.52 Å². The van der Waals surface area contributed by atoms with E-state index >= 15 is 0 Å². The van der Waals surface area contributed by atoms with Crippen LogP contribution in [-0.4, -0.2) is 28.6 Å². The largest absolute Gasteiger partial charge is 0.464 e. The van der Waals surface area contributed by atoms with Gasteiger partial charge in [-0.25, -0.2) is 4.98 Å². The van der Waals surface area contributed by atoms with E-state index in [0.717, 1.165) is 29.7 Å². The van der Waals surface area contributed by atoms with Crippen LogP contribution in [0.2, 0.25) is 5.15 Å². The summed E-state index contributed by atoms with van der Waals surface area (Å²) in [5, 5.41) is 9.75. The average molecular weight is 293 g/mol. The first-order valence-corrected chi connectivity index (χ1v) is 7.11. The van der Waals surface area contributed by atoms with E-state index in [1.54, 1.807) is 12.3 Å². The van der Waals surface area contributed by atoms with Crippen molar-refractivity contribution in [2.24, 2.45) is 0 Å². The van der Waals surface area contributed by atoms with Crippen LogP contribution in [-0.2, 0) is 6.61 Å². The summed E-state index contributed by atoms with van der Waals surface area (Å²) < 4.78 is 5.47. The van der Waals surface area contributed by atoms with Gasteiger partial charge in [-0.2, -0.15) is 0 Å². The summed E-state index contributed by atoms with van der Waals surface area (Å²) in [4.78, 5) is 6.61. The Morgan fingerprint density at radius 2 is 2.40 bits per heavy atom. The first-order valence-electron chi connectivity index (χ1n) is 6.74. The van der Waals surface area contributed by atoms with Crippen molar-refractivity contribution in [1.29, 1.82) is 0 Å². The number of likely N-dealkylation sites (tertiary alicyclic amines) is 1. The summed E-state index contributed by atoms with van der Waals surface area (Å²) in [5.41, 5.74) is 2.62. The van der Waals surface area contributed by atoms with Crippen molar-refractivity contribution in [3.05, 3.63) is 40.9 Å². The predicted molar refractivity (Wildman–Crippen MR) is 77.5 cm³/mol. The van der Waals surface area contributed by atoms with E-state index in [4.69, 9.17) is 16.0 Å². The van der Waals surface area contributed by atoms with Gasteiger partial charge in [0.1, 0.15) is 10.9 Å². The Hall–Kier alpha value is -1.36. The number of pyridine rings is 1. The van der Waals surface area contributed by atoms with Crippen LogP contribution >= 0.6 is 11.6 Å². The van der Waals surface area contributed by atoms with Crippen LogP contribution in [0.3, 0.4) is 0 Å². The van der Waals surface area contributed by atoms with Crippen LogP contribution in [0, 0.1) is 0 Å². The quantitative estimate of drug-likeness (QED) is 0.882. The summed E-state index contributed by atoms with van der Waals surface area (Å²) >= 11 is 6.19. The van der Waals surface area contributed by atoms with Gasteiger partial charge in [-0.05, 0) is 44.1 Å². The van der Waals surface area contributed by atoms with Crippen LogP contribution in [0.5, 0.6) is 0 Å². The molecular weight excluding hydrogens is 276 g/mol. The van der Waals surface area contributed by atoms with Crippen LogP contribution in [0.1, 0.15) is 30.0 Å². The average Bonchev–Trinajstić information content (AvgIpc) is 3.08. The summed E-state index contributed by atoms with van der Waals surface area (Å²) in [6.07, 6.45) is 5.72. The van der Waals surface area contributed by atoms with E-state index in [1.165, 1.54) is 6.42 Å². The smallest absolute Gasteiger partial charge is 0.142 e. The second-order valence-corrected chi connectivity index (χ2v) is 5.54. The molecule has 20 heavy (non-hydrogen) atoms. The number of furan rings is 1. The Morgan fingerprint density at radius 3 is 3.10 bits per heavy atom. The monoisotopic (exact) mass is 292 g/mol. The Kier molecular flexibility index (Phi) is 3.78. The van der Waals surface area contributed by atoms with Gasteiger partial charge in [0.25, 0.3) is 0 Å². The molecule has 0 amide bonds. The molecule has 106 valence electrons. The van der Waals surface area contributed by atoms with E-state index in [9.17, 15) is 5.11 Å². The maximum atomic E-state index is 9.35. The van der Waals surface area contributed by atoms with Gasteiger partial charge >= 0.3 is 0 Å². The molecule has 1 aliphatic rings. The van der Waals surface area contributed by atoms with Gasteiger partial charge in [-0.15, -0.1) is 0 Å². The molecule has 2 aromatic heterocycles. The molecule has 0 radical (unpaired) electrons. The SMILES string of the molecule is CN1CCC[C@H]1c1cnc(Cl)c(-c2occc2CO)c1. The Morgan fingerprint density at radius 1 is 1.55 bits per heavy atom. The van der Waals surface area contributed by atoms with Crippen molar-refractivity contribution in [2.75, 3.05) is 13.6 Å². The molecule has 0 aliphatic carbocycles. The van der Waals surface area contributed by atoms with Crippen LogP contribution < -0.4 is 0 Å². The maximum absolute atomic E-state index is 9.35. The third-order valence-electron chi connectivity index (χ3n) is 3.93. The van der Waals surface area contributed by atoms with Gasteiger partial charge in [-0.3, -0.25) is 4.90 Å². The number of rotatable bonds is 3. The van der Waals surface area contributed by atoms with Gasteiger partial charge in [-0.1, -0.05) is 11.6 Å². The second-order valence-electron chi connectivity index (χ2n) is 5.18. The lowest BCUT2D eigenvalue weighted by Gasteiger charge is -2.20. The van der Waals surface area contributed by atoms with E-state index < -0.39 is 0 Å². The first kappa shape index (κ1) is 13.6. The highest BCUT2D eigenvalue weighted by Gasteiger charge is 2.24. The molecule has 5 heteroatoms. The zero-order chi connectivity index (χ0) is 14.1. The lowest BCUT2D eigenvalue weighted by atomic mass is 10.0. The molecule has 0 unspecified atom stereocenters. The summed E-state index contributed by atoms with van der Waals surface area (Å²) in [5.74, 6) is 0.604. The first-order chi connectivity index (χ1) is 9.70. The molecular formula is C15H17ClN2O2. The summed E-state index contributed by atoms with van der Waals surface area (Å²) in [7, 11) is 2.12. The molecule has 3 heterocycles. The van der Waals surface area contributed by atoms with Crippen LogP contribution in [0.15, 0.2) is 29.0 Å². The number of nitrogens with zero attached hydrogens (tertiary/aromatic N) is 2. The molecule has 0 spiro atoms. The van der Waals surface area contributed by atoms with Gasteiger partial charge in [0, 0.05) is 17.8 Å². The number of aromatic nitrogens is 1. The van der Waals surface area contributed by atoms with E-state index in [-0.39, 0.29) is 6.61 Å². The van der Waals surface area contributed by atoms with Crippen LogP contribution in [0.4, 0.5) is 0 Å². The lowest BCUT2D eigenvalue weighted by Crippen LogP contribution is -2.17. The Bertz CT molecular complexity index is 612. The third-order valence-corrected chi connectivity index (χ3v) is 4.23. The van der Waals surface area contributed by atoms with Gasteiger partial charge in [0.05, 0.1) is 18.4 Å². The van der Waals surface area contributed by atoms with Crippen molar-refractivity contribution in [3.63, 3.8) is 0 Å². The number of aliphatic hydroxyl groups is 1. The zero-order valence-corrected chi connectivity index (χ0v) is 12.1. The standard InChI is InChI=1S/C15H17ClN2O2/c1-18-5-2-3-13(18)11-7-12(15(16)17-8-11)14-10(9-19)4-6-20-14/h4,6-8,13,19H,2-3,5,9H2,1H3/t13-/m0/s1. The fraction of sp³-hybridized carbons (Fsp3) is 0.400. The molecule has 1 saturated heterocycles. The highest BCUT2D eigenvalue weighted by molar-refractivity contribution is 6.32. The molecule has 1 atom stereocenters. The minimum atomic E-state index is -0.0737. The molecule has 1 fully saturated rings. The highest BCUT2D eigenvalue weighted by atomic mass is 35.5. The van der Waals surface area contributed by atoms with Crippen molar-refractivity contribution >= 4 is 11.6 Å². The maximum Gasteiger partial charge on any atom is 0.142 e. The number of aliphatic hydroxyl groups excluding tert-OH is 1. The van der Waals surface area contributed by atoms with E-state index in [0.29, 0.717) is 17.0 Å². The summed E-state index contributed by atoms with van der Waals surface area (Å²) in [6, 6.07) is 4.16. The molecule has 0 bridgehead atoms. The molecule has 0 aromatic carbocycles. The van der Waals surface area contributed by atoms with E-state index in [1.807, 2.05) is 12.3 Å². The highest BCUT2D eigenvalue weighted by Crippen LogP contribution is 2.36. The molecule has 3 rings (SSSR count). The Balaban J connectivity index is 2.03. The number of hydrogen-bond acceptors (Lipinski definition) is 4. The van der Waals surface area contributed by atoms with Gasteiger partial charge in [0.2, 0.25) is 0 Å². The lowest BCUT2D eigenvalue weighted by molar-refractivity contribution is 0.281. The fourth-order valence-corrected chi connectivity index (χ4v) is 3.02. The van der Waals surface area contributed by atoms with Crippen molar-refractivity contribution in [3.8, 4) is 11.3 Å². The van der Waals surface area contributed by atoms with Gasteiger partial charge in [0.15, 0.2) is 0 Å². The van der Waals surface area contributed by atoms with Crippen LogP contribution in [0.25, 0.3) is 11.3 Å². The normalized spacial score (nSPS) is 19.6.